The molecule has 11 heteroatoms. The van der Waals surface area contributed by atoms with E-state index in [4.69, 9.17) is 4.74 Å². The van der Waals surface area contributed by atoms with Crippen molar-refractivity contribution in [3.05, 3.63) is 48.3 Å². The van der Waals surface area contributed by atoms with Gasteiger partial charge in [-0.25, -0.2) is 9.97 Å². The van der Waals surface area contributed by atoms with Gasteiger partial charge in [0.15, 0.2) is 0 Å². The van der Waals surface area contributed by atoms with E-state index in [0.29, 0.717) is 41.1 Å². The second-order valence-electron chi connectivity index (χ2n) is 12.1. The number of likely N-dealkylation sites (tertiary alicyclic amines) is 1. The molecule has 1 fully saturated rings. The standard InChI is InChI=1S/C32H43N7O4/c1-19-12-8-9-13-22(19)36-28-21-16-24(26(43-7)17-23(21)34-18-35-28)37-30(41)25-14-10-11-15-39(25)31(42)27(32(3,4)5)38-29(40)20(2)33-6/h8-9,12-13,16-18,20,25,27,33H,10-11,14-15H2,1-7H3,(H,37,41)(H,38,40)(H,34,35,36)/t20-,25-,27+/m0/s1. The smallest absolute Gasteiger partial charge is 0.247 e. The number of nitrogens with zero attached hydrogens (tertiary/aromatic N) is 3. The summed E-state index contributed by atoms with van der Waals surface area (Å²) in [6.45, 7) is 9.89. The van der Waals surface area contributed by atoms with Crippen LogP contribution in [0.1, 0.15) is 52.5 Å². The van der Waals surface area contributed by atoms with E-state index in [0.717, 1.165) is 24.1 Å². The van der Waals surface area contributed by atoms with Gasteiger partial charge in [-0.3, -0.25) is 14.4 Å². The van der Waals surface area contributed by atoms with E-state index in [1.165, 1.54) is 13.4 Å². The van der Waals surface area contributed by atoms with Crippen LogP contribution in [0.2, 0.25) is 0 Å². The first kappa shape index (κ1) is 31.7. The average Bonchev–Trinajstić information content (AvgIpc) is 2.99. The van der Waals surface area contributed by atoms with Gasteiger partial charge in [-0.1, -0.05) is 39.0 Å². The summed E-state index contributed by atoms with van der Waals surface area (Å²) < 4.78 is 5.62. The van der Waals surface area contributed by atoms with Crippen molar-refractivity contribution in [2.24, 2.45) is 5.41 Å². The summed E-state index contributed by atoms with van der Waals surface area (Å²) in [7, 11) is 3.22. The molecule has 1 aromatic heterocycles. The maximum absolute atomic E-state index is 14.0. The molecule has 1 aliphatic heterocycles. The first-order valence-electron chi connectivity index (χ1n) is 14.7. The van der Waals surface area contributed by atoms with Gasteiger partial charge in [-0.05, 0) is 63.3 Å². The lowest BCUT2D eigenvalue weighted by Gasteiger charge is -2.40. The summed E-state index contributed by atoms with van der Waals surface area (Å²) in [6.07, 6.45) is 3.57. The molecule has 43 heavy (non-hydrogen) atoms. The number of para-hydroxylation sites is 1. The largest absolute Gasteiger partial charge is 0.494 e. The highest BCUT2D eigenvalue weighted by Gasteiger charge is 2.41. The number of fused-ring (bicyclic) bond motifs is 1. The van der Waals surface area contributed by atoms with Gasteiger partial charge in [-0.2, -0.15) is 0 Å². The predicted octanol–water partition coefficient (Wildman–Crippen LogP) is 4.15. The number of piperidine rings is 1. The number of likely N-dealkylation sites (N-methyl/N-ethyl adjacent to an activating group) is 1. The Morgan fingerprint density at radius 1 is 1.07 bits per heavy atom. The number of methoxy groups -OCH3 is 1. The molecule has 0 saturated carbocycles. The molecule has 230 valence electrons. The molecular weight excluding hydrogens is 546 g/mol. The number of hydrogen-bond donors (Lipinski definition) is 4. The molecular formula is C32H43N7O4. The van der Waals surface area contributed by atoms with Crippen LogP contribution in [0.25, 0.3) is 10.9 Å². The number of amides is 3. The molecule has 0 spiro atoms. The van der Waals surface area contributed by atoms with Crippen molar-refractivity contribution < 1.29 is 19.1 Å². The lowest BCUT2D eigenvalue weighted by Crippen LogP contribution is -2.61. The maximum Gasteiger partial charge on any atom is 0.247 e. The van der Waals surface area contributed by atoms with Gasteiger partial charge < -0.3 is 30.9 Å². The summed E-state index contributed by atoms with van der Waals surface area (Å²) in [5, 5.41) is 12.9. The van der Waals surface area contributed by atoms with E-state index in [1.807, 2.05) is 52.0 Å². The van der Waals surface area contributed by atoms with Crippen molar-refractivity contribution in [1.82, 2.24) is 25.5 Å². The topological polar surface area (TPSA) is 138 Å². The Hall–Kier alpha value is -4.25. The van der Waals surface area contributed by atoms with Gasteiger partial charge in [0.1, 0.15) is 30.0 Å². The zero-order valence-electron chi connectivity index (χ0n) is 26.1. The SMILES string of the molecule is CN[C@@H](C)C(=O)N[C@H](C(=O)N1CCCC[C@H]1C(=O)Nc1cc2c(Nc3ccccc3C)ncnc2cc1OC)C(C)(C)C. The van der Waals surface area contributed by atoms with Crippen LogP contribution in [0.3, 0.4) is 0 Å². The van der Waals surface area contributed by atoms with Crippen LogP contribution in [0.15, 0.2) is 42.7 Å². The molecule has 3 amide bonds. The highest BCUT2D eigenvalue weighted by Crippen LogP contribution is 2.34. The summed E-state index contributed by atoms with van der Waals surface area (Å²) in [5.41, 5.74) is 2.49. The summed E-state index contributed by atoms with van der Waals surface area (Å²) >= 11 is 0. The van der Waals surface area contributed by atoms with Crippen molar-refractivity contribution in [2.75, 3.05) is 31.3 Å². The highest BCUT2D eigenvalue weighted by atomic mass is 16.5. The number of carbonyl (C=O) groups excluding carboxylic acids is 3. The van der Waals surface area contributed by atoms with Crippen LogP contribution in [-0.4, -0.2) is 71.4 Å². The van der Waals surface area contributed by atoms with Crippen LogP contribution in [0, 0.1) is 12.3 Å². The van der Waals surface area contributed by atoms with Gasteiger partial charge in [0.2, 0.25) is 17.7 Å². The quantitative estimate of drug-likeness (QED) is 0.292. The number of anilines is 3. The fourth-order valence-corrected chi connectivity index (χ4v) is 5.19. The Bertz CT molecular complexity index is 1490. The molecule has 0 unspecified atom stereocenters. The number of carbonyl (C=O) groups is 3. The van der Waals surface area contributed by atoms with Crippen LogP contribution in [0.4, 0.5) is 17.2 Å². The third kappa shape index (κ3) is 7.22. The fourth-order valence-electron chi connectivity index (χ4n) is 5.19. The number of aromatic nitrogens is 2. The number of aryl methyl sites for hydroxylation is 1. The lowest BCUT2D eigenvalue weighted by atomic mass is 9.84. The molecule has 4 rings (SSSR count). The number of rotatable bonds is 9. The third-order valence-corrected chi connectivity index (χ3v) is 7.93. The Morgan fingerprint density at radius 2 is 1.81 bits per heavy atom. The van der Waals surface area contributed by atoms with Crippen LogP contribution < -0.4 is 26.0 Å². The lowest BCUT2D eigenvalue weighted by molar-refractivity contribution is -0.146. The van der Waals surface area contributed by atoms with Crippen molar-refractivity contribution in [1.29, 1.82) is 0 Å². The zero-order valence-corrected chi connectivity index (χ0v) is 26.1. The van der Waals surface area contributed by atoms with E-state index < -0.39 is 23.5 Å². The minimum absolute atomic E-state index is 0.271. The highest BCUT2D eigenvalue weighted by molar-refractivity contribution is 6.03. The van der Waals surface area contributed by atoms with Gasteiger partial charge >= 0.3 is 0 Å². The summed E-state index contributed by atoms with van der Waals surface area (Å²) in [5.74, 6) is 0.167. The minimum atomic E-state index is -0.799. The zero-order chi connectivity index (χ0) is 31.3. The van der Waals surface area contributed by atoms with Crippen LogP contribution >= 0.6 is 0 Å². The first-order valence-corrected chi connectivity index (χ1v) is 14.7. The Kier molecular flexibility index (Phi) is 9.85. The summed E-state index contributed by atoms with van der Waals surface area (Å²) in [6, 6.07) is 9.47. The molecule has 3 atom stereocenters. The Balaban J connectivity index is 1.63. The number of ether oxygens (including phenoxy) is 1. The van der Waals surface area contributed by atoms with Crippen molar-refractivity contribution in [2.45, 2.75) is 72.0 Å². The number of hydrogen-bond acceptors (Lipinski definition) is 8. The second kappa shape index (κ2) is 13.4. The maximum atomic E-state index is 14.0. The van der Waals surface area contributed by atoms with E-state index in [9.17, 15) is 14.4 Å². The van der Waals surface area contributed by atoms with Crippen LogP contribution in [0.5, 0.6) is 5.75 Å². The molecule has 0 aliphatic carbocycles. The van der Waals surface area contributed by atoms with Gasteiger partial charge in [0, 0.05) is 23.7 Å². The molecule has 3 aromatic rings. The van der Waals surface area contributed by atoms with E-state index >= 15 is 0 Å². The molecule has 2 heterocycles. The molecule has 2 aromatic carbocycles. The molecule has 0 bridgehead atoms. The number of benzene rings is 2. The molecule has 4 N–H and O–H groups in total. The molecule has 1 saturated heterocycles. The van der Waals surface area contributed by atoms with E-state index in [-0.39, 0.29) is 17.7 Å². The average molecular weight is 590 g/mol. The normalized spacial score (nSPS) is 16.7. The Labute approximate surface area is 253 Å². The van der Waals surface area contributed by atoms with Crippen molar-refractivity contribution >= 4 is 45.8 Å². The predicted molar refractivity (Wildman–Crippen MR) is 168 cm³/mol. The number of nitrogens with one attached hydrogen (secondary N) is 4. The Morgan fingerprint density at radius 3 is 2.49 bits per heavy atom. The van der Waals surface area contributed by atoms with Gasteiger partial charge in [0.25, 0.3) is 0 Å². The molecule has 1 aliphatic rings. The van der Waals surface area contributed by atoms with Crippen LogP contribution in [-0.2, 0) is 14.4 Å². The van der Waals surface area contributed by atoms with E-state index in [2.05, 4.69) is 31.2 Å². The van der Waals surface area contributed by atoms with E-state index in [1.54, 1.807) is 31.0 Å². The second-order valence-corrected chi connectivity index (χ2v) is 12.1. The monoisotopic (exact) mass is 589 g/mol. The fraction of sp³-hybridized carbons (Fsp3) is 0.469. The molecule has 0 radical (unpaired) electrons. The van der Waals surface area contributed by atoms with Gasteiger partial charge in [0.05, 0.1) is 24.4 Å². The minimum Gasteiger partial charge on any atom is -0.494 e. The summed E-state index contributed by atoms with van der Waals surface area (Å²) in [4.78, 5) is 51.1. The van der Waals surface area contributed by atoms with Gasteiger partial charge in [-0.15, -0.1) is 0 Å². The molecule has 11 nitrogen and oxygen atoms in total. The van der Waals surface area contributed by atoms with Crippen molar-refractivity contribution in [3.63, 3.8) is 0 Å². The third-order valence-electron chi connectivity index (χ3n) is 7.93. The van der Waals surface area contributed by atoms with Crippen molar-refractivity contribution in [3.8, 4) is 5.75 Å². The first-order chi connectivity index (χ1) is 20.4.